The van der Waals surface area contributed by atoms with Gasteiger partial charge >= 0.3 is 6.03 Å². The van der Waals surface area contributed by atoms with Gasteiger partial charge in [0.25, 0.3) is 0 Å². The maximum Gasteiger partial charge on any atom is 0.322 e. The Balaban J connectivity index is 1.56. The highest BCUT2D eigenvalue weighted by atomic mass is 16.5. The minimum atomic E-state index is -0.161. The number of nitrogens with zero attached hydrogens (tertiary/aromatic N) is 2. The van der Waals surface area contributed by atoms with E-state index in [1.54, 1.807) is 11.2 Å². The van der Waals surface area contributed by atoms with Crippen LogP contribution < -0.4 is 10.1 Å². The number of ether oxygens (including phenoxy) is 1. The molecule has 2 amide bonds. The zero-order valence-electron chi connectivity index (χ0n) is 16.2. The Morgan fingerprint density at radius 2 is 2.04 bits per heavy atom. The number of para-hydroxylation sites is 1. The molecule has 0 saturated heterocycles. The van der Waals surface area contributed by atoms with Crippen molar-refractivity contribution in [3.8, 4) is 17.2 Å². The van der Waals surface area contributed by atoms with Gasteiger partial charge in [-0.3, -0.25) is 0 Å². The maximum atomic E-state index is 13.0. The summed E-state index contributed by atoms with van der Waals surface area (Å²) in [6, 6.07) is 13.4. The lowest BCUT2D eigenvalue weighted by Crippen LogP contribution is -2.42. The van der Waals surface area contributed by atoms with Crippen LogP contribution in [0.3, 0.4) is 0 Å². The number of amides is 2. The first-order valence-electron chi connectivity index (χ1n) is 9.33. The second kappa shape index (κ2) is 7.38. The van der Waals surface area contributed by atoms with Crippen molar-refractivity contribution in [1.82, 2.24) is 9.88 Å². The average Bonchev–Trinajstić information content (AvgIpc) is 3.04. The van der Waals surface area contributed by atoms with Crippen molar-refractivity contribution in [2.75, 3.05) is 11.9 Å². The molecule has 0 saturated carbocycles. The maximum absolute atomic E-state index is 13.0. The molecule has 1 N–H and O–H groups in total. The lowest BCUT2D eigenvalue weighted by atomic mass is 10.1. The van der Waals surface area contributed by atoms with Crippen LogP contribution in [0, 0.1) is 13.8 Å². The second-order valence-electron chi connectivity index (χ2n) is 7.15. The van der Waals surface area contributed by atoms with E-state index in [9.17, 15) is 4.79 Å². The van der Waals surface area contributed by atoms with E-state index in [1.807, 2.05) is 63.2 Å². The van der Waals surface area contributed by atoms with Gasteiger partial charge in [-0.15, -0.1) is 0 Å². The number of benzene rings is 2. The fourth-order valence-electron chi connectivity index (χ4n) is 3.29. The van der Waals surface area contributed by atoms with E-state index in [0.29, 0.717) is 24.7 Å². The van der Waals surface area contributed by atoms with Crippen LogP contribution in [-0.2, 0) is 6.54 Å². The first-order chi connectivity index (χ1) is 13.5. The molecule has 144 valence electrons. The van der Waals surface area contributed by atoms with Crippen LogP contribution in [0.25, 0.3) is 11.5 Å². The molecular formula is C22H23N3O3. The highest BCUT2D eigenvalue weighted by Gasteiger charge is 2.25. The Morgan fingerprint density at radius 3 is 2.82 bits per heavy atom. The first kappa shape index (κ1) is 18.1. The first-order valence-corrected chi connectivity index (χ1v) is 9.33. The van der Waals surface area contributed by atoms with E-state index in [-0.39, 0.29) is 12.1 Å². The number of carbonyl (C=O) groups is 1. The Labute approximate surface area is 164 Å². The topological polar surface area (TPSA) is 67.6 Å². The molecule has 6 heteroatoms. The minimum absolute atomic E-state index is 0.0493. The van der Waals surface area contributed by atoms with Gasteiger partial charge in [-0.25, -0.2) is 9.78 Å². The molecule has 0 radical (unpaired) electrons. The van der Waals surface area contributed by atoms with Crippen LogP contribution in [-0.4, -0.2) is 28.6 Å². The lowest BCUT2D eigenvalue weighted by Gasteiger charge is -2.26. The summed E-state index contributed by atoms with van der Waals surface area (Å²) in [6.45, 7) is 6.82. The normalized spacial score (nSPS) is 16.1. The predicted molar refractivity (Wildman–Crippen MR) is 107 cm³/mol. The van der Waals surface area contributed by atoms with Crippen molar-refractivity contribution in [3.63, 3.8) is 0 Å². The summed E-state index contributed by atoms with van der Waals surface area (Å²) >= 11 is 0. The summed E-state index contributed by atoms with van der Waals surface area (Å²) < 4.78 is 11.4. The highest BCUT2D eigenvalue weighted by Crippen LogP contribution is 2.28. The molecule has 28 heavy (non-hydrogen) atoms. The molecule has 0 bridgehead atoms. The summed E-state index contributed by atoms with van der Waals surface area (Å²) in [6.07, 6.45) is 1.62. The van der Waals surface area contributed by atoms with Gasteiger partial charge in [-0.05, 0) is 44.5 Å². The van der Waals surface area contributed by atoms with Gasteiger partial charge in [0, 0.05) is 16.8 Å². The number of rotatable bonds is 2. The van der Waals surface area contributed by atoms with Gasteiger partial charge in [0.1, 0.15) is 18.6 Å². The van der Waals surface area contributed by atoms with Crippen molar-refractivity contribution < 1.29 is 13.9 Å². The van der Waals surface area contributed by atoms with Crippen molar-refractivity contribution in [2.24, 2.45) is 0 Å². The van der Waals surface area contributed by atoms with Crippen LogP contribution in [0.15, 0.2) is 53.1 Å². The number of nitrogens with one attached hydrogen (secondary N) is 1. The second-order valence-corrected chi connectivity index (χ2v) is 7.15. The number of aryl methyl sites for hydroxylation is 2. The third-order valence-electron chi connectivity index (χ3n) is 4.92. The van der Waals surface area contributed by atoms with Gasteiger partial charge in [-0.1, -0.05) is 24.3 Å². The lowest BCUT2D eigenvalue weighted by molar-refractivity contribution is 0.168. The van der Waals surface area contributed by atoms with Crippen molar-refractivity contribution in [1.29, 1.82) is 0 Å². The summed E-state index contributed by atoms with van der Waals surface area (Å²) in [5.74, 6) is 1.39. The molecule has 4 rings (SSSR count). The summed E-state index contributed by atoms with van der Waals surface area (Å²) in [7, 11) is 0. The van der Waals surface area contributed by atoms with Crippen LogP contribution >= 0.6 is 0 Å². The number of anilines is 1. The molecule has 1 aliphatic rings. The number of hydrogen-bond acceptors (Lipinski definition) is 4. The van der Waals surface area contributed by atoms with E-state index in [2.05, 4.69) is 10.3 Å². The van der Waals surface area contributed by atoms with Crippen molar-refractivity contribution in [3.05, 3.63) is 65.5 Å². The van der Waals surface area contributed by atoms with Gasteiger partial charge in [0.05, 0.1) is 18.3 Å². The molecule has 2 aromatic carbocycles. The number of aromatic nitrogens is 1. The number of urea groups is 1. The molecule has 1 aliphatic heterocycles. The number of fused-ring (bicyclic) bond motifs is 1. The number of oxazole rings is 1. The quantitative estimate of drug-likeness (QED) is 0.698. The molecule has 0 aliphatic carbocycles. The Hall–Kier alpha value is -3.28. The monoisotopic (exact) mass is 377 g/mol. The minimum Gasteiger partial charge on any atom is -0.491 e. The molecule has 1 atom stereocenters. The van der Waals surface area contributed by atoms with Crippen molar-refractivity contribution >= 4 is 11.7 Å². The molecular weight excluding hydrogens is 354 g/mol. The highest BCUT2D eigenvalue weighted by molar-refractivity contribution is 5.90. The number of hydrogen-bond donors (Lipinski definition) is 1. The Kier molecular flexibility index (Phi) is 4.77. The van der Waals surface area contributed by atoms with Crippen LogP contribution in [0.5, 0.6) is 5.75 Å². The number of carbonyl (C=O) groups excluding carboxylic acids is 1. The van der Waals surface area contributed by atoms with Gasteiger partial charge in [0.2, 0.25) is 5.89 Å². The van der Waals surface area contributed by atoms with E-state index < -0.39 is 0 Å². The zero-order valence-corrected chi connectivity index (χ0v) is 16.2. The standard InChI is InChI=1S/C22H23N3O3/c1-14-8-9-18(10-19(14)21-23-15(2)12-28-21)24-22(26)25-11-17-6-4-5-7-20(17)27-13-16(25)3/h4-10,12,16H,11,13H2,1-3H3,(H,24,26). The average molecular weight is 377 g/mol. The Morgan fingerprint density at radius 1 is 1.21 bits per heavy atom. The van der Waals surface area contributed by atoms with Crippen LogP contribution in [0.1, 0.15) is 23.7 Å². The fraction of sp³-hybridized carbons (Fsp3) is 0.273. The van der Waals surface area contributed by atoms with Crippen LogP contribution in [0.2, 0.25) is 0 Å². The van der Waals surface area contributed by atoms with Gasteiger partial charge < -0.3 is 19.4 Å². The fourth-order valence-corrected chi connectivity index (χ4v) is 3.29. The van der Waals surface area contributed by atoms with E-state index in [4.69, 9.17) is 9.15 Å². The largest absolute Gasteiger partial charge is 0.491 e. The molecule has 2 heterocycles. The summed E-state index contributed by atoms with van der Waals surface area (Å²) in [5.41, 5.74) is 4.42. The zero-order chi connectivity index (χ0) is 19.7. The van der Waals surface area contributed by atoms with E-state index >= 15 is 0 Å². The van der Waals surface area contributed by atoms with Gasteiger partial charge in [0.15, 0.2) is 0 Å². The third-order valence-corrected chi connectivity index (χ3v) is 4.92. The SMILES string of the molecule is Cc1coc(-c2cc(NC(=O)N3Cc4ccccc4OCC3C)ccc2C)n1. The van der Waals surface area contributed by atoms with E-state index in [1.165, 1.54) is 0 Å². The molecule has 0 fully saturated rings. The summed E-state index contributed by atoms with van der Waals surface area (Å²) in [5, 5.41) is 3.01. The Bertz CT molecular complexity index is 1010. The predicted octanol–water partition coefficient (Wildman–Crippen LogP) is 4.77. The molecule has 6 nitrogen and oxygen atoms in total. The molecule has 1 aromatic heterocycles. The molecule has 1 unspecified atom stereocenters. The molecule has 3 aromatic rings. The smallest absolute Gasteiger partial charge is 0.322 e. The van der Waals surface area contributed by atoms with Gasteiger partial charge in [-0.2, -0.15) is 0 Å². The van der Waals surface area contributed by atoms with E-state index in [0.717, 1.165) is 28.1 Å². The molecule has 0 spiro atoms. The third kappa shape index (κ3) is 3.58. The summed E-state index contributed by atoms with van der Waals surface area (Å²) in [4.78, 5) is 19.2. The van der Waals surface area contributed by atoms with Crippen molar-refractivity contribution in [2.45, 2.75) is 33.4 Å². The van der Waals surface area contributed by atoms with Crippen LogP contribution in [0.4, 0.5) is 10.5 Å².